The summed E-state index contributed by atoms with van der Waals surface area (Å²) >= 11 is 0. The van der Waals surface area contributed by atoms with Gasteiger partial charge in [0, 0.05) is 18.1 Å². The molecule has 122 valence electrons. The molecule has 1 heterocycles. The fraction of sp³-hybridized carbons (Fsp3) is 0.353. The van der Waals surface area contributed by atoms with E-state index in [2.05, 4.69) is 15.3 Å². The number of aromatic nitrogens is 2. The molecule has 0 saturated carbocycles. The molecule has 0 aliphatic rings. The minimum Gasteiger partial charge on any atom is -0.424 e. The van der Waals surface area contributed by atoms with Crippen LogP contribution >= 0.6 is 0 Å². The average Bonchev–Trinajstić information content (AvgIpc) is 2.49. The van der Waals surface area contributed by atoms with Gasteiger partial charge >= 0.3 is 6.01 Å². The van der Waals surface area contributed by atoms with Crippen LogP contribution < -0.4 is 15.8 Å². The van der Waals surface area contributed by atoms with Crippen molar-refractivity contribution < 1.29 is 9.53 Å². The largest absolute Gasteiger partial charge is 0.424 e. The SMILES string of the molecule is Cc1cc(Oc2ncccn2)ccc1NC(=O)[C@@H](N)C(C)(C)C. The number of hydrogen-bond donors (Lipinski definition) is 2. The molecule has 0 bridgehead atoms. The number of nitrogens with zero attached hydrogens (tertiary/aromatic N) is 2. The third kappa shape index (κ3) is 4.50. The summed E-state index contributed by atoms with van der Waals surface area (Å²) in [5.74, 6) is 0.396. The van der Waals surface area contributed by atoms with E-state index in [1.165, 1.54) is 0 Å². The highest BCUT2D eigenvalue weighted by Crippen LogP contribution is 2.25. The number of amides is 1. The zero-order valence-electron chi connectivity index (χ0n) is 13.8. The van der Waals surface area contributed by atoms with Crippen molar-refractivity contribution in [3.63, 3.8) is 0 Å². The van der Waals surface area contributed by atoms with Crippen LogP contribution in [0.3, 0.4) is 0 Å². The van der Waals surface area contributed by atoms with Crippen LogP contribution in [0.25, 0.3) is 0 Å². The standard InChI is InChI=1S/C17H22N4O2/c1-11-10-12(23-16-19-8-5-9-20-16)6-7-13(11)21-15(22)14(18)17(2,3)4/h5-10,14H,18H2,1-4H3,(H,21,22)/t14-/m1/s1. The Hall–Kier alpha value is -2.47. The van der Waals surface area contributed by atoms with E-state index < -0.39 is 6.04 Å². The lowest BCUT2D eigenvalue weighted by atomic mass is 9.87. The Morgan fingerprint density at radius 1 is 1.26 bits per heavy atom. The number of carbonyl (C=O) groups excluding carboxylic acids is 1. The van der Waals surface area contributed by atoms with E-state index in [1.54, 1.807) is 30.6 Å². The highest BCUT2D eigenvalue weighted by atomic mass is 16.5. The van der Waals surface area contributed by atoms with Gasteiger partial charge in [0.05, 0.1) is 6.04 Å². The molecule has 1 atom stereocenters. The van der Waals surface area contributed by atoms with E-state index in [-0.39, 0.29) is 17.3 Å². The van der Waals surface area contributed by atoms with Gasteiger partial charge in [-0.1, -0.05) is 20.8 Å². The van der Waals surface area contributed by atoms with E-state index in [0.29, 0.717) is 11.4 Å². The number of anilines is 1. The third-order valence-electron chi connectivity index (χ3n) is 3.42. The van der Waals surface area contributed by atoms with Crippen molar-refractivity contribution in [1.82, 2.24) is 9.97 Å². The maximum atomic E-state index is 12.2. The molecular weight excluding hydrogens is 292 g/mol. The number of nitrogens with one attached hydrogen (secondary N) is 1. The summed E-state index contributed by atoms with van der Waals surface area (Å²) in [6.07, 6.45) is 3.22. The van der Waals surface area contributed by atoms with E-state index in [1.807, 2.05) is 33.8 Å². The Morgan fingerprint density at radius 3 is 2.48 bits per heavy atom. The lowest BCUT2D eigenvalue weighted by molar-refractivity contribution is -0.119. The van der Waals surface area contributed by atoms with Gasteiger partial charge in [0.15, 0.2) is 0 Å². The van der Waals surface area contributed by atoms with Gasteiger partial charge in [-0.2, -0.15) is 0 Å². The van der Waals surface area contributed by atoms with Gasteiger partial charge in [-0.25, -0.2) is 9.97 Å². The maximum Gasteiger partial charge on any atom is 0.321 e. The van der Waals surface area contributed by atoms with Crippen molar-refractivity contribution in [3.05, 3.63) is 42.2 Å². The van der Waals surface area contributed by atoms with E-state index >= 15 is 0 Å². The molecule has 6 heteroatoms. The zero-order chi connectivity index (χ0) is 17.0. The van der Waals surface area contributed by atoms with Crippen LogP contribution in [0.4, 0.5) is 5.69 Å². The minimum absolute atomic E-state index is 0.208. The number of ether oxygens (including phenoxy) is 1. The predicted octanol–water partition coefficient (Wildman–Crippen LogP) is 2.89. The second kappa shape index (κ2) is 6.75. The molecule has 0 saturated heterocycles. The molecule has 0 unspecified atom stereocenters. The summed E-state index contributed by atoms with van der Waals surface area (Å²) in [5.41, 5.74) is 7.24. The molecule has 0 fully saturated rings. The van der Waals surface area contributed by atoms with Crippen molar-refractivity contribution in [1.29, 1.82) is 0 Å². The number of carbonyl (C=O) groups is 1. The van der Waals surface area contributed by atoms with Crippen molar-refractivity contribution >= 4 is 11.6 Å². The summed E-state index contributed by atoms with van der Waals surface area (Å²) in [4.78, 5) is 20.2. The van der Waals surface area contributed by atoms with Gasteiger partial charge in [-0.15, -0.1) is 0 Å². The van der Waals surface area contributed by atoms with Gasteiger partial charge in [0.1, 0.15) is 5.75 Å². The topological polar surface area (TPSA) is 90.1 Å². The molecule has 1 aromatic carbocycles. The van der Waals surface area contributed by atoms with E-state index in [0.717, 1.165) is 5.56 Å². The second-order valence-corrected chi connectivity index (χ2v) is 6.44. The molecule has 1 amide bonds. The van der Waals surface area contributed by atoms with Crippen LogP contribution in [0.5, 0.6) is 11.8 Å². The number of nitrogens with two attached hydrogens (primary N) is 1. The maximum absolute atomic E-state index is 12.2. The van der Waals surface area contributed by atoms with Gasteiger partial charge in [-0.05, 0) is 42.2 Å². The quantitative estimate of drug-likeness (QED) is 0.905. The lowest BCUT2D eigenvalue weighted by Crippen LogP contribution is -2.45. The summed E-state index contributed by atoms with van der Waals surface area (Å²) in [6.45, 7) is 7.68. The first-order valence-corrected chi connectivity index (χ1v) is 7.39. The normalized spacial score (nSPS) is 12.6. The summed E-state index contributed by atoms with van der Waals surface area (Å²) in [5, 5.41) is 2.86. The first kappa shape index (κ1) is 16.9. The molecule has 6 nitrogen and oxygen atoms in total. The van der Waals surface area contributed by atoms with Gasteiger partial charge < -0.3 is 15.8 Å². The minimum atomic E-state index is -0.587. The number of hydrogen-bond acceptors (Lipinski definition) is 5. The third-order valence-corrected chi connectivity index (χ3v) is 3.42. The molecule has 0 radical (unpaired) electrons. The summed E-state index contributed by atoms with van der Waals surface area (Å²) < 4.78 is 5.56. The van der Waals surface area contributed by atoms with Crippen LogP contribution in [0.2, 0.25) is 0 Å². The number of rotatable bonds is 4. The van der Waals surface area contributed by atoms with Crippen molar-refractivity contribution in [3.8, 4) is 11.8 Å². The number of aryl methyl sites for hydroxylation is 1. The fourth-order valence-electron chi connectivity index (χ4n) is 1.89. The first-order chi connectivity index (χ1) is 10.8. The molecule has 23 heavy (non-hydrogen) atoms. The van der Waals surface area contributed by atoms with Gasteiger partial charge in [0.25, 0.3) is 0 Å². The highest BCUT2D eigenvalue weighted by Gasteiger charge is 2.27. The van der Waals surface area contributed by atoms with Crippen molar-refractivity contribution in [2.24, 2.45) is 11.1 Å². The Kier molecular flexibility index (Phi) is 4.95. The van der Waals surface area contributed by atoms with Crippen LogP contribution in [-0.2, 0) is 4.79 Å². The zero-order valence-corrected chi connectivity index (χ0v) is 13.8. The molecule has 2 aromatic rings. The molecule has 3 N–H and O–H groups in total. The lowest BCUT2D eigenvalue weighted by Gasteiger charge is -2.26. The monoisotopic (exact) mass is 314 g/mol. The Bertz CT molecular complexity index is 681. The number of benzene rings is 1. The Morgan fingerprint density at radius 2 is 1.91 bits per heavy atom. The smallest absolute Gasteiger partial charge is 0.321 e. The fourth-order valence-corrected chi connectivity index (χ4v) is 1.89. The summed E-state index contributed by atoms with van der Waals surface area (Å²) in [7, 11) is 0. The van der Waals surface area contributed by atoms with Gasteiger partial charge in [0.2, 0.25) is 5.91 Å². The summed E-state index contributed by atoms with van der Waals surface area (Å²) in [6, 6.07) is 6.75. The second-order valence-electron chi connectivity index (χ2n) is 6.44. The average molecular weight is 314 g/mol. The molecule has 0 spiro atoms. The van der Waals surface area contributed by atoms with Crippen LogP contribution in [0, 0.1) is 12.3 Å². The Labute approximate surface area is 136 Å². The van der Waals surface area contributed by atoms with Crippen molar-refractivity contribution in [2.45, 2.75) is 33.7 Å². The molecule has 2 rings (SSSR count). The van der Waals surface area contributed by atoms with E-state index in [4.69, 9.17) is 10.5 Å². The predicted molar refractivity (Wildman–Crippen MR) is 89.3 cm³/mol. The molecular formula is C17H22N4O2. The van der Waals surface area contributed by atoms with Crippen LogP contribution in [-0.4, -0.2) is 21.9 Å². The van der Waals surface area contributed by atoms with Crippen molar-refractivity contribution in [2.75, 3.05) is 5.32 Å². The molecule has 0 aliphatic carbocycles. The first-order valence-electron chi connectivity index (χ1n) is 7.39. The van der Waals surface area contributed by atoms with Crippen LogP contribution in [0.15, 0.2) is 36.7 Å². The molecule has 1 aromatic heterocycles. The van der Waals surface area contributed by atoms with E-state index in [9.17, 15) is 4.79 Å². The molecule has 0 aliphatic heterocycles. The van der Waals surface area contributed by atoms with Gasteiger partial charge in [-0.3, -0.25) is 4.79 Å². The van der Waals surface area contributed by atoms with Crippen LogP contribution in [0.1, 0.15) is 26.3 Å². The Balaban J connectivity index is 2.09. The highest BCUT2D eigenvalue weighted by molar-refractivity contribution is 5.95.